The molecule has 0 N–H and O–H groups in total. The van der Waals surface area contributed by atoms with Gasteiger partial charge in [0.25, 0.3) is 0 Å². The number of aryl methyl sites for hydroxylation is 1. The van der Waals surface area contributed by atoms with Crippen molar-refractivity contribution in [3.8, 4) is 0 Å². The maximum atomic E-state index is 12.4. The highest BCUT2D eigenvalue weighted by atomic mass is 32.1. The van der Waals surface area contributed by atoms with Crippen molar-refractivity contribution < 1.29 is 14.3 Å². The summed E-state index contributed by atoms with van der Waals surface area (Å²) in [5.41, 5.74) is 0.678. The number of fused-ring (bicyclic) bond motifs is 1. The van der Waals surface area contributed by atoms with Crippen LogP contribution in [0, 0.1) is 24.7 Å². The van der Waals surface area contributed by atoms with Gasteiger partial charge >= 0.3 is 6.09 Å². The number of likely N-dealkylation sites (tertiary alicyclic amines) is 1. The number of ether oxygens (including phenoxy) is 1. The average Bonchev–Trinajstić information content (AvgIpc) is 2.76. The van der Waals surface area contributed by atoms with Gasteiger partial charge in [-0.05, 0) is 56.5 Å². The highest BCUT2D eigenvalue weighted by molar-refractivity contribution is 7.12. The van der Waals surface area contributed by atoms with Crippen LogP contribution in [0.15, 0.2) is 11.4 Å². The summed E-state index contributed by atoms with van der Waals surface area (Å²) in [5, 5.41) is 2.01. The van der Waals surface area contributed by atoms with E-state index in [4.69, 9.17) is 4.74 Å². The number of carbonyl (C=O) groups excluding carboxylic acids is 2. The first-order valence-corrected chi connectivity index (χ1v) is 8.21. The van der Waals surface area contributed by atoms with Crippen LogP contribution in [0.25, 0.3) is 0 Å². The quantitative estimate of drug-likeness (QED) is 0.787. The topological polar surface area (TPSA) is 46.6 Å². The molecular formula is C16H21NO3S. The summed E-state index contributed by atoms with van der Waals surface area (Å²) in [6.45, 7) is 8.92. The SMILES string of the molecule is Cc1csc(C(=O)C2C3CN(C(=O)OC(C)(C)C)C[C@H]32)c1. The lowest BCUT2D eigenvalue weighted by Crippen LogP contribution is -2.37. The molecule has 1 aromatic heterocycles. The number of amides is 1. The average molecular weight is 307 g/mol. The van der Waals surface area contributed by atoms with Crippen LogP contribution in [0.5, 0.6) is 0 Å². The number of ketones is 1. The monoisotopic (exact) mass is 307 g/mol. The highest BCUT2D eigenvalue weighted by Gasteiger charge is 2.60. The summed E-state index contributed by atoms with van der Waals surface area (Å²) in [6, 6.07) is 1.96. The molecule has 2 unspecified atom stereocenters. The smallest absolute Gasteiger partial charge is 0.410 e. The van der Waals surface area contributed by atoms with Gasteiger partial charge in [0.2, 0.25) is 0 Å². The number of Topliss-reactive ketones (excluding diaryl/α,β-unsaturated/α-hetero) is 1. The van der Waals surface area contributed by atoms with E-state index in [0.29, 0.717) is 24.9 Å². The predicted octanol–water partition coefficient (Wildman–Crippen LogP) is 3.35. The van der Waals surface area contributed by atoms with E-state index in [0.717, 1.165) is 10.4 Å². The van der Waals surface area contributed by atoms with Gasteiger partial charge in [-0.2, -0.15) is 0 Å². The third-order valence-electron chi connectivity index (χ3n) is 4.12. The van der Waals surface area contributed by atoms with E-state index in [1.807, 2.05) is 39.1 Å². The van der Waals surface area contributed by atoms with Crippen LogP contribution in [-0.4, -0.2) is 35.5 Å². The fourth-order valence-electron chi connectivity index (χ4n) is 3.12. The Bertz CT molecular complexity index is 575. The molecule has 0 aromatic carbocycles. The van der Waals surface area contributed by atoms with Crippen molar-refractivity contribution in [1.82, 2.24) is 4.90 Å². The number of hydrogen-bond donors (Lipinski definition) is 0. The van der Waals surface area contributed by atoms with Gasteiger partial charge in [0.05, 0.1) is 4.88 Å². The number of rotatable bonds is 2. The Labute approximate surface area is 129 Å². The third kappa shape index (κ3) is 2.84. The van der Waals surface area contributed by atoms with Gasteiger partial charge in [-0.15, -0.1) is 11.3 Å². The molecule has 1 amide bonds. The van der Waals surface area contributed by atoms with Crippen molar-refractivity contribution in [2.75, 3.05) is 13.1 Å². The summed E-state index contributed by atoms with van der Waals surface area (Å²) in [7, 11) is 0. The minimum Gasteiger partial charge on any atom is -0.444 e. The molecule has 0 bridgehead atoms. The van der Waals surface area contributed by atoms with E-state index < -0.39 is 5.60 Å². The minimum absolute atomic E-state index is 0.113. The van der Waals surface area contributed by atoms with Crippen LogP contribution in [-0.2, 0) is 4.74 Å². The van der Waals surface area contributed by atoms with Crippen molar-refractivity contribution in [1.29, 1.82) is 0 Å². The Hall–Kier alpha value is -1.36. The highest BCUT2D eigenvalue weighted by Crippen LogP contribution is 2.53. The van der Waals surface area contributed by atoms with Gasteiger partial charge in [0.1, 0.15) is 5.60 Å². The first-order valence-electron chi connectivity index (χ1n) is 7.33. The number of hydrogen-bond acceptors (Lipinski definition) is 4. The number of thiophene rings is 1. The van der Waals surface area contributed by atoms with Gasteiger partial charge < -0.3 is 9.64 Å². The molecule has 1 saturated heterocycles. The molecular weight excluding hydrogens is 286 g/mol. The molecule has 1 aromatic rings. The standard InChI is InChI=1S/C16H21NO3S/c1-9-5-12(21-8-9)14(18)13-10-6-17(7-11(10)13)15(19)20-16(2,3)4/h5,8,10-11,13H,6-7H2,1-4H3/t10-,11?,13?/m1/s1. The molecule has 114 valence electrons. The fourth-order valence-corrected chi connectivity index (χ4v) is 4.00. The summed E-state index contributed by atoms with van der Waals surface area (Å²) < 4.78 is 5.38. The molecule has 21 heavy (non-hydrogen) atoms. The first kappa shape index (κ1) is 14.6. The zero-order valence-corrected chi connectivity index (χ0v) is 13.7. The largest absolute Gasteiger partial charge is 0.444 e. The normalized spacial score (nSPS) is 27.4. The predicted molar refractivity (Wildman–Crippen MR) is 81.7 cm³/mol. The van der Waals surface area contributed by atoms with Crippen LogP contribution in [0.4, 0.5) is 4.79 Å². The second-order valence-corrected chi connectivity index (χ2v) is 8.00. The lowest BCUT2D eigenvalue weighted by Gasteiger charge is -2.25. The lowest BCUT2D eigenvalue weighted by atomic mass is 10.1. The maximum absolute atomic E-state index is 12.4. The van der Waals surface area contributed by atoms with E-state index >= 15 is 0 Å². The molecule has 0 spiro atoms. The summed E-state index contributed by atoms with van der Waals surface area (Å²) in [5.74, 6) is 1.02. The fraction of sp³-hybridized carbons (Fsp3) is 0.625. The summed E-state index contributed by atoms with van der Waals surface area (Å²) >= 11 is 1.52. The van der Waals surface area contributed by atoms with E-state index in [1.54, 1.807) is 4.90 Å². The van der Waals surface area contributed by atoms with Gasteiger partial charge in [-0.1, -0.05) is 0 Å². The van der Waals surface area contributed by atoms with Crippen molar-refractivity contribution in [2.24, 2.45) is 17.8 Å². The van der Waals surface area contributed by atoms with Crippen molar-refractivity contribution >= 4 is 23.2 Å². The Morgan fingerprint density at radius 2 is 1.90 bits per heavy atom. The molecule has 2 fully saturated rings. The lowest BCUT2D eigenvalue weighted by molar-refractivity contribution is 0.0264. The molecule has 3 rings (SSSR count). The molecule has 1 saturated carbocycles. The maximum Gasteiger partial charge on any atom is 0.410 e. The molecule has 3 atom stereocenters. The Morgan fingerprint density at radius 3 is 2.38 bits per heavy atom. The first-order chi connectivity index (χ1) is 9.76. The molecule has 0 radical (unpaired) electrons. The summed E-state index contributed by atoms with van der Waals surface area (Å²) in [6.07, 6.45) is -0.257. The zero-order valence-electron chi connectivity index (χ0n) is 12.9. The second kappa shape index (κ2) is 4.83. The van der Waals surface area contributed by atoms with Crippen LogP contribution in [0.2, 0.25) is 0 Å². The van der Waals surface area contributed by atoms with Gasteiger partial charge in [-0.25, -0.2) is 4.79 Å². The number of carbonyl (C=O) groups is 2. The van der Waals surface area contributed by atoms with Crippen molar-refractivity contribution in [3.05, 3.63) is 21.9 Å². The van der Waals surface area contributed by atoms with Gasteiger partial charge in [-0.3, -0.25) is 4.79 Å². The van der Waals surface area contributed by atoms with Crippen LogP contribution >= 0.6 is 11.3 Å². The van der Waals surface area contributed by atoms with Crippen LogP contribution < -0.4 is 0 Å². The van der Waals surface area contributed by atoms with Gasteiger partial charge in [0, 0.05) is 19.0 Å². The molecule has 5 heteroatoms. The second-order valence-electron chi connectivity index (χ2n) is 7.09. The number of nitrogens with zero attached hydrogens (tertiary/aromatic N) is 1. The van der Waals surface area contributed by atoms with Crippen LogP contribution in [0.3, 0.4) is 0 Å². The van der Waals surface area contributed by atoms with Crippen molar-refractivity contribution in [3.63, 3.8) is 0 Å². The molecule has 2 heterocycles. The van der Waals surface area contributed by atoms with E-state index in [-0.39, 0.29) is 17.8 Å². The van der Waals surface area contributed by atoms with E-state index in [1.165, 1.54) is 11.3 Å². The molecule has 1 aliphatic carbocycles. The molecule has 1 aliphatic heterocycles. The summed E-state index contributed by atoms with van der Waals surface area (Å²) in [4.78, 5) is 27.0. The van der Waals surface area contributed by atoms with Crippen LogP contribution in [0.1, 0.15) is 36.0 Å². The zero-order chi connectivity index (χ0) is 15.4. The third-order valence-corrected chi connectivity index (χ3v) is 5.18. The van der Waals surface area contributed by atoms with E-state index in [2.05, 4.69) is 0 Å². The van der Waals surface area contributed by atoms with Crippen molar-refractivity contribution in [2.45, 2.75) is 33.3 Å². The van der Waals surface area contributed by atoms with Gasteiger partial charge in [0.15, 0.2) is 5.78 Å². The number of piperidine rings is 1. The minimum atomic E-state index is -0.465. The van der Waals surface area contributed by atoms with E-state index in [9.17, 15) is 9.59 Å². The Balaban J connectivity index is 1.57. The molecule has 2 aliphatic rings. The Morgan fingerprint density at radius 1 is 1.29 bits per heavy atom. The molecule has 4 nitrogen and oxygen atoms in total. The Kier molecular flexibility index (Phi) is 3.35.